The number of fused-ring (bicyclic) bond motifs is 1. The van der Waals surface area contributed by atoms with Gasteiger partial charge in [-0.1, -0.05) is 42.5 Å². The van der Waals surface area contributed by atoms with E-state index in [9.17, 15) is 13.2 Å². The summed E-state index contributed by atoms with van der Waals surface area (Å²) in [4.78, 5) is 13.6. The van der Waals surface area contributed by atoms with E-state index in [1.807, 2.05) is 30.3 Å². The Labute approximate surface area is 164 Å². The molecule has 0 aromatic heterocycles. The van der Waals surface area contributed by atoms with E-state index in [0.29, 0.717) is 12.2 Å². The third-order valence-corrected chi connectivity index (χ3v) is 6.28. The summed E-state index contributed by atoms with van der Waals surface area (Å²) in [6.07, 6.45) is 0.719. The Balaban J connectivity index is 1.56. The third kappa shape index (κ3) is 3.51. The predicted molar refractivity (Wildman–Crippen MR) is 111 cm³/mol. The Morgan fingerprint density at radius 3 is 2.29 bits per heavy atom. The van der Waals surface area contributed by atoms with Gasteiger partial charge in [0.25, 0.3) is 10.0 Å². The van der Waals surface area contributed by atoms with Crippen molar-refractivity contribution in [3.8, 4) is 11.1 Å². The molecule has 28 heavy (non-hydrogen) atoms. The van der Waals surface area contributed by atoms with E-state index in [4.69, 9.17) is 0 Å². The summed E-state index contributed by atoms with van der Waals surface area (Å²) >= 11 is 0. The molecule has 0 spiro atoms. The van der Waals surface area contributed by atoms with Crippen molar-refractivity contribution in [3.63, 3.8) is 0 Å². The van der Waals surface area contributed by atoms with Crippen LogP contribution in [0.5, 0.6) is 0 Å². The molecule has 0 saturated heterocycles. The second-order valence-electron chi connectivity index (χ2n) is 6.76. The summed E-state index contributed by atoms with van der Waals surface area (Å²) in [6.45, 7) is 2.16. The largest absolute Gasteiger partial charge is 0.312 e. The van der Waals surface area contributed by atoms with Crippen molar-refractivity contribution < 1.29 is 13.2 Å². The normalized spacial score (nSPS) is 13.2. The summed E-state index contributed by atoms with van der Waals surface area (Å²) in [7, 11) is -3.69. The van der Waals surface area contributed by atoms with Crippen molar-refractivity contribution in [2.75, 3.05) is 16.2 Å². The predicted octanol–water partition coefficient (Wildman–Crippen LogP) is 4.06. The van der Waals surface area contributed by atoms with Gasteiger partial charge in [0.15, 0.2) is 0 Å². The zero-order valence-corrected chi connectivity index (χ0v) is 16.2. The first-order valence-corrected chi connectivity index (χ1v) is 10.5. The van der Waals surface area contributed by atoms with Crippen LogP contribution < -0.4 is 9.62 Å². The number of nitrogens with one attached hydrogen (secondary N) is 1. The Bertz CT molecular complexity index is 1120. The number of rotatable bonds is 4. The van der Waals surface area contributed by atoms with Gasteiger partial charge < -0.3 is 4.90 Å². The van der Waals surface area contributed by atoms with Gasteiger partial charge in [-0.2, -0.15) is 0 Å². The highest BCUT2D eigenvalue weighted by atomic mass is 32.2. The van der Waals surface area contributed by atoms with E-state index in [1.165, 1.54) is 6.92 Å². The van der Waals surface area contributed by atoms with Gasteiger partial charge in [0.2, 0.25) is 5.91 Å². The smallest absolute Gasteiger partial charge is 0.261 e. The number of sulfonamides is 1. The van der Waals surface area contributed by atoms with Crippen LogP contribution in [-0.2, 0) is 21.2 Å². The van der Waals surface area contributed by atoms with Crippen LogP contribution in [0.2, 0.25) is 0 Å². The second kappa shape index (κ2) is 7.13. The molecule has 1 amide bonds. The first-order chi connectivity index (χ1) is 13.4. The van der Waals surface area contributed by atoms with E-state index in [2.05, 4.69) is 4.72 Å². The molecule has 1 aliphatic rings. The molecule has 5 nitrogen and oxygen atoms in total. The Morgan fingerprint density at radius 1 is 0.929 bits per heavy atom. The van der Waals surface area contributed by atoms with Crippen LogP contribution in [0.15, 0.2) is 77.7 Å². The molecule has 4 rings (SSSR count). The van der Waals surface area contributed by atoms with Gasteiger partial charge >= 0.3 is 0 Å². The van der Waals surface area contributed by atoms with E-state index in [1.54, 1.807) is 47.4 Å². The molecule has 6 heteroatoms. The average Bonchev–Trinajstić information content (AvgIpc) is 3.12. The van der Waals surface area contributed by atoms with Gasteiger partial charge in [-0.15, -0.1) is 0 Å². The van der Waals surface area contributed by atoms with Crippen molar-refractivity contribution in [1.29, 1.82) is 0 Å². The number of anilines is 2. The lowest BCUT2D eigenvalue weighted by Gasteiger charge is -2.15. The topological polar surface area (TPSA) is 66.5 Å². The molecule has 0 saturated carbocycles. The number of amides is 1. The maximum atomic E-state index is 12.7. The lowest BCUT2D eigenvalue weighted by atomic mass is 10.1. The fourth-order valence-electron chi connectivity index (χ4n) is 3.46. The van der Waals surface area contributed by atoms with Crippen molar-refractivity contribution in [3.05, 3.63) is 78.4 Å². The van der Waals surface area contributed by atoms with Gasteiger partial charge in [0.1, 0.15) is 0 Å². The number of carbonyl (C=O) groups excluding carboxylic acids is 1. The summed E-state index contributed by atoms with van der Waals surface area (Å²) in [5, 5.41) is 0. The summed E-state index contributed by atoms with van der Waals surface area (Å²) in [5.74, 6) is -0.00872. The fourth-order valence-corrected chi connectivity index (χ4v) is 4.51. The van der Waals surface area contributed by atoms with E-state index < -0.39 is 10.0 Å². The number of nitrogens with zero attached hydrogens (tertiary/aromatic N) is 1. The molecule has 1 aliphatic heterocycles. The molecule has 3 aromatic rings. The van der Waals surface area contributed by atoms with Crippen molar-refractivity contribution in [1.82, 2.24) is 0 Å². The molecule has 0 radical (unpaired) electrons. The van der Waals surface area contributed by atoms with E-state index in [0.717, 1.165) is 28.8 Å². The van der Waals surface area contributed by atoms with Gasteiger partial charge in [0.05, 0.1) is 4.90 Å². The van der Waals surface area contributed by atoms with Crippen LogP contribution >= 0.6 is 0 Å². The maximum absolute atomic E-state index is 12.7. The lowest BCUT2D eigenvalue weighted by Crippen LogP contribution is -2.25. The maximum Gasteiger partial charge on any atom is 0.261 e. The third-order valence-electron chi connectivity index (χ3n) is 4.88. The number of hydrogen-bond donors (Lipinski definition) is 1. The minimum absolute atomic E-state index is 0.00872. The standard InChI is InChI=1S/C22H20N2O3S/c1-16(25)24-14-13-19-15-20(9-12-22(19)24)23-28(26,27)21-10-7-18(8-11-21)17-5-3-2-4-6-17/h2-12,15,23H,13-14H2,1H3. The first kappa shape index (κ1) is 18.3. The van der Waals surface area contributed by atoms with Gasteiger partial charge in [-0.05, 0) is 53.4 Å². The van der Waals surface area contributed by atoms with Crippen LogP contribution in [0, 0.1) is 0 Å². The molecule has 0 fully saturated rings. The average molecular weight is 392 g/mol. The van der Waals surface area contributed by atoms with Crippen molar-refractivity contribution >= 4 is 27.3 Å². The zero-order chi connectivity index (χ0) is 19.7. The summed E-state index contributed by atoms with van der Waals surface area (Å²) in [5.41, 5.74) is 4.31. The minimum atomic E-state index is -3.69. The quantitative estimate of drug-likeness (QED) is 0.728. The zero-order valence-electron chi connectivity index (χ0n) is 15.4. The van der Waals surface area contributed by atoms with Crippen LogP contribution in [0.25, 0.3) is 11.1 Å². The molecule has 0 bridgehead atoms. The molecule has 1 heterocycles. The monoisotopic (exact) mass is 392 g/mol. The Kier molecular flexibility index (Phi) is 4.65. The minimum Gasteiger partial charge on any atom is -0.312 e. The van der Waals surface area contributed by atoms with E-state index in [-0.39, 0.29) is 10.8 Å². The molecule has 3 aromatic carbocycles. The van der Waals surface area contributed by atoms with Crippen LogP contribution in [0.1, 0.15) is 12.5 Å². The van der Waals surface area contributed by atoms with Crippen LogP contribution in [-0.4, -0.2) is 20.9 Å². The van der Waals surface area contributed by atoms with Crippen molar-refractivity contribution in [2.45, 2.75) is 18.2 Å². The lowest BCUT2D eigenvalue weighted by molar-refractivity contribution is -0.116. The molecule has 0 unspecified atom stereocenters. The highest BCUT2D eigenvalue weighted by Gasteiger charge is 2.23. The van der Waals surface area contributed by atoms with Crippen LogP contribution in [0.3, 0.4) is 0 Å². The Morgan fingerprint density at radius 2 is 1.61 bits per heavy atom. The summed E-state index contributed by atoms with van der Waals surface area (Å²) < 4.78 is 28.1. The molecule has 1 N–H and O–H groups in total. The Hall–Kier alpha value is -3.12. The first-order valence-electron chi connectivity index (χ1n) is 9.03. The SMILES string of the molecule is CC(=O)N1CCc2cc(NS(=O)(=O)c3ccc(-c4ccccc4)cc3)ccc21. The number of hydrogen-bond acceptors (Lipinski definition) is 3. The second-order valence-corrected chi connectivity index (χ2v) is 8.44. The number of benzene rings is 3. The number of carbonyl (C=O) groups is 1. The fraction of sp³-hybridized carbons (Fsp3) is 0.136. The highest BCUT2D eigenvalue weighted by molar-refractivity contribution is 7.92. The molecule has 0 atom stereocenters. The molecular formula is C22H20N2O3S. The highest BCUT2D eigenvalue weighted by Crippen LogP contribution is 2.31. The molecule has 0 aliphatic carbocycles. The van der Waals surface area contributed by atoms with Crippen molar-refractivity contribution in [2.24, 2.45) is 0 Å². The summed E-state index contributed by atoms with van der Waals surface area (Å²) in [6, 6.07) is 21.9. The van der Waals surface area contributed by atoms with Gasteiger partial charge in [-0.25, -0.2) is 8.42 Å². The van der Waals surface area contributed by atoms with Crippen LogP contribution in [0.4, 0.5) is 11.4 Å². The van der Waals surface area contributed by atoms with E-state index >= 15 is 0 Å². The molecular weight excluding hydrogens is 372 g/mol. The van der Waals surface area contributed by atoms with Gasteiger partial charge in [-0.3, -0.25) is 9.52 Å². The molecule has 142 valence electrons. The van der Waals surface area contributed by atoms with Gasteiger partial charge in [0, 0.05) is 24.8 Å².